The van der Waals surface area contributed by atoms with E-state index in [-0.39, 0.29) is 5.92 Å². The van der Waals surface area contributed by atoms with Crippen molar-refractivity contribution in [3.63, 3.8) is 0 Å². The number of H-pyrrole nitrogens is 1. The van der Waals surface area contributed by atoms with Crippen LogP contribution in [0.25, 0.3) is 33.3 Å². The van der Waals surface area contributed by atoms with Gasteiger partial charge in [0.2, 0.25) is 0 Å². The Morgan fingerprint density at radius 3 is 2.48 bits per heavy atom. The second-order valence-electron chi connectivity index (χ2n) is 11.9. The molecule has 0 bridgehead atoms. The summed E-state index contributed by atoms with van der Waals surface area (Å²) in [6.07, 6.45) is 25.8. The molecule has 2 aromatic carbocycles. The predicted octanol–water partition coefficient (Wildman–Crippen LogP) is 10.0. The van der Waals surface area contributed by atoms with Crippen molar-refractivity contribution in [3.05, 3.63) is 167 Å². The fourth-order valence-corrected chi connectivity index (χ4v) is 5.95. The average Bonchev–Trinajstić information content (AvgIpc) is 3.71. The van der Waals surface area contributed by atoms with Crippen LogP contribution in [0.15, 0.2) is 156 Å². The third-order valence-corrected chi connectivity index (χ3v) is 8.67. The van der Waals surface area contributed by atoms with E-state index in [1.54, 1.807) is 18.4 Å². The van der Waals surface area contributed by atoms with Gasteiger partial charge in [-0.15, -0.1) is 0 Å². The Kier molecular flexibility index (Phi) is 11.9. The molecule has 48 heavy (non-hydrogen) atoms. The van der Waals surface area contributed by atoms with Crippen molar-refractivity contribution in [2.75, 3.05) is 6.54 Å². The summed E-state index contributed by atoms with van der Waals surface area (Å²) in [5.74, 6) is 0.180. The van der Waals surface area contributed by atoms with Crippen molar-refractivity contribution >= 4 is 45.3 Å². The lowest BCUT2D eigenvalue weighted by Crippen LogP contribution is -2.11. The maximum atomic E-state index is 8.03. The fourth-order valence-electron chi connectivity index (χ4n) is 5.95. The Bertz CT molecular complexity index is 2040. The van der Waals surface area contributed by atoms with Crippen LogP contribution in [0.5, 0.6) is 0 Å². The molecular weight excluding hydrogens is 587 g/mol. The van der Waals surface area contributed by atoms with Gasteiger partial charge in [-0.2, -0.15) is 0 Å². The van der Waals surface area contributed by atoms with Gasteiger partial charge in [0.25, 0.3) is 0 Å². The topological polar surface area (TPSA) is 104 Å². The lowest BCUT2D eigenvalue weighted by Gasteiger charge is -2.19. The van der Waals surface area contributed by atoms with Gasteiger partial charge in [-0.25, -0.2) is 0 Å². The van der Waals surface area contributed by atoms with Gasteiger partial charge in [-0.1, -0.05) is 105 Å². The molecule has 1 unspecified atom stereocenters. The quantitative estimate of drug-likeness (QED) is 0.132. The van der Waals surface area contributed by atoms with Crippen LogP contribution in [0.4, 0.5) is 0 Å². The van der Waals surface area contributed by atoms with Gasteiger partial charge in [0.1, 0.15) is 0 Å². The molecule has 0 fully saturated rings. The third-order valence-electron chi connectivity index (χ3n) is 8.67. The zero-order valence-corrected chi connectivity index (χ0v) is 28.6. The van der Waals surface area contributed by atoms with Crippen molar-refractivity contribution in [2.24, 2.45) is 22.4 Å². The third kappa shape index (κ3) is 7.81. The van der Waals surface area contributed by atoms with Crippen molar-refractivity contribution in [2.45, 2.75) is 34.1 Å². The summed E-state index contributed by atoms with van der Waals surface area (Å²) < 4.78 is 0. The number of rotatable bonds is 10. The van der Waals surface area contributed by atoms with E-state index in [1.807, 2.05) is 44.2 Å². The van der Waals surface area contributed by atoms with Gasteiger partial charge < -0.3 is 21.9 Å². The molecule has 1 aliphatic heterocycles. The summed E-state index contributed by atoms with van der Waals surface area (Å²) in [6.45, 7) is 20.2. The minimum absolute atomic E-state index is 0.180. The number of hydrogen-bond acceptors (Lipinski definition) is 4. The van der Waals surface area contributed by atoms with Gasteiger partial charge in [-0.05, 0) is 96.8 Å². The number of allylic oxidation sites excluding steroid dienone is 14. The molecule has 244 valence electrons. The van der Waals surface area contributed by atoms with Crippen molar-refractivity contribution < 1.29 is 0 Å². The Morgan fingerprint density at radius 1 is 1.06 bits per heavy atom. The normalized spacial score (nSPS) is 17.2. The number of aromatic nitrogens is 1. The predicted molar refractivity (Wildman–Crippen MR) is 211 cm³/mol. The fraction of sp³-hybridized carbons (Fsp3) is 0.163. The highest BCUT2D eigenvalue weighted by atomic mass is 14.8. The molecule has 1 atom stereocenters. The molecule has 5 heteroatoms. The highest BCUT2D eigenvalue weighted by Gasteiger charge is 2.22. The maximum absolute atomic E-state index is 8.03. The molecule has 5 nitrogen and oxygen atoms in total. The Balaban J connectivity index is 0.000000671. The first kappa shape index (κ1) is 35.2. The largest absolute Gasteiger partial charge is 0.404 e. The van der Waals surface area contributed by atoms with Crippen LogP contribution >= 0.6 is 0 Å². The van der Waals surface area contributed by atoms with Gasteiger partial charge in [0.15, 0.2) is 0 Å². The molecule has 2 aliphatic rings. The first-order chi connectivity index (χ1) is 23.2. The van der Waals surface area contributed by atoms with Crippen LogP contribution < -0.4 is 11.5 Å². The number of aromatic amines is 1. The Hall–Kier alpha value is -5.68. The van der Waals surface area contributed by atoms with E-state index in [0.29, 0.717) is 11.3 Å². The van der Waals surface area contributed by atoms with Crippen molar-refractivity contribution in [1.82, 2.24) is 4.98 Å². The summed E-state index contributed by atoms with van der Waals surface area (Å²) in [5.41, 5.74) is 24.2. The lowest BCUT2D eigenvalue weighted by atomic mass is 9.86. The monoisotopic (exact) mass is 633 g/mol. The van der Waals surface area contributed by atoms with Crippen LogP contribution in [0.2, 0.25) is 0 Å². The standard InChI is InChI=1S/C36H37N5.C7H10/c1-6-21(2)34(39)23(4)15-28(19-37)25-7-10-30-27(17-25)9-12-32-31-11-8-26(18-33(31)41-36(30)32)29(20-38)16-24(5)35-22(3)13-14-40-35;1-3-5-7-6-4-2/h6-13,15-17,19-20,26,37,41H,1,4,14,18,38-39H2,2-3,5H3;3-7H,1H2,2H3/b24-16+,28-15+,29-20+,34-21-,37-19?;6-4-,7-5-. The molecule has 2 heterocycles. The van der Waals surface area contributed by atoms with Crippen LogP contribution in [0, 0.1) is 11.3 Å². The summed E-state index contributed by atoms with van der Waals surface area (Å²) >= 11 is 0. The van der Waals surface area contributed by atoms with Gasteiger partial charge in [0, 0.05) is 39.9 Å². The number of fused-ring (bicyclic) bond motifs is 5. The molecule has 1 aliphatic carbocycles. The summed E-state index contributed by atoms with van der Waals surface area (Å²) in [7, 11) is 0. The number of hydrogen-bond donors (Lipinski definition) is 4. The highest BCUT2D eigenvalue weighted by Crippen LogP contribution is 2.37. The van der Waals surface area contributed by atoms with E-state index < -0.39 is 0 Å². The molecule has 3 aromatic rings. The smallest absolute Gasteiger partial charge is 0.0634 e. The zero-order valence-electron chi connectivity index (χ0n) is 28.6. The van der Waals surface area contributed by atoms with E-state index >= 15 is 0 Å². The number of nitrogens with two attached hydrogens (primary N) is 2. The Morgan fingerprint density at radius 2 is 1.83 bits per heavy atom. The summed E-state index contributed by atoms with van der Waals surface area (Å²) in [6, 6.07) is 10.6. The van der Waals surface area contributed by atoms with E-state index in [9.17, 15) is 0 Å². The molecule has 0 radical (unpaired) electrons. The zero-order chi connectivity index (χ0) is 34.8. The first-order valence-corrected chi connectivity index (χ1v) is 16.2. The summed E-state index contributed by atoms with van der Waals surface area (Å²) in [5, 5.41) is 11.5. The molecule has 6 N–H and O–H groups in total. The SMILES string of the molecule is C=C/C(C)=C(\N)C(=C)/C=C(\C=N)c1ccc2c(ccc3c4c([nH]c32)CC(C(=C/N)/C=C(\C)C2=NCC=C2C)C=C4)c1.C=C/C=C\C=C/C. The van der Waals surface area contributed by atoms with Crippen molar-refractivity contribution in [3.8, 4) is 0 Å². The van der Waals surface area contributed by atoms with Crippen LogP contribution in [-0.2, 0) is 6.42 Å². The van der Waals surface area contributed by atoms with Gasteiger partial charge >= 0.3 is 0 Å². The molecule has 0 spiro atoms. The molecule has 0 saturated carbocycles. The van der Waals surface area contributed by atoms with Crippen LogP contribution in [0.3, 0.4) is 0 Å². The van der Waals surface area contributed by atoms with Crippen molar-refractivity contribution in [1.29, 1.82) is 5.41 Å². The number of nitrogens with zero attached hydrogens (tertiary/aromatic N) is 1. The Labute approximate surface area is 285 Å². The second kappa shape index (κ2) is 16.2. The van der Waals surface area contributed by atoms with E-state index in [0.717, 1.165) is 62.8 Å². The lowest BCUT2D eigenvalue weighted by molar-refractivity contribution is 0.747. The minimum Gasteiger partial charge on any atom is -0.404 e. The van der Waals surface area contributed by atoms with Crippen LogP contribution in [-0.4, -0.2) is 23.5 Å². The summed E-state index contributed by atoms with van der Waals surface area (Å²) in [4.78, 5) is 8.36. The van der Waals surface area contributed by atoms with Gasteiger partial charge in [0.05, 0.1) is 17.8 Å². The molecule has 0 saturated heterocycles. The molecule has 0 amide bonds. The van der Waals surface area contributed by atoms with E-state index in [4.69, 9.17) is 16.9 Å². The molecule has 1 aromatic heterocycles. The number of aliphatic imine (C=N–C) groups is 1. The van der Waals surface area contributed by atoms with Crippen LogP contribution in [0.1, 0.15) is 44.5 Å². The molecule has 5 rings (SSSR count). The number of nitrogens with one attached hydrogen (secondary N) is 2. The number of benzene rings is 2. The average molecular weight is 634 g/mol. The maximum Gasteiger partial charge on any atom is 0.0634 e. The molecular formula is C43H47N5. The van der Waals surface area contributed by atoms with E-state index in [1.165, 1.54) is 28.4 Å². The minimum atomic E-state index is 0.180. The van der Waals surface area contributed by atoms with E-state index in [2.05, 4.69) is 98.2 Å². The first-order valence-electron chi connectivity index (χ1n) is 16.2. The van der Waals surface area contributed by atoms with Gasteiger partial charge in [-0.3, -0.25) is 4.99 Å². The second-order valence-corrected chi connectivity index (χ2v) is 11.9. The highest BCUT2D eigenvalue weighted by molar-refractivity contribution is 6.14.